The van der Waals surface area contributed by atoms with E-state index in [1.165, 1.54) is 0 Å². The van der Waals surface area contributed by atoms with Crippen molar-refractivity contribution in [3.8, 4) is 11.5 Å². The number of nitrogens with zero attached hydrogens (tertiary/aromatic N) is 2. The molecule has 1 aromatic carbocycles. The minimum Gasteiger partial charge on any atom is -0.334 e. The third-order valence-electron chi connectivity index (χ3n) is 2.39. The molecule has 0 aliphatic heterocycles. The summed E-state index contributed by atoms with van der Waals surface area (Å²) in [6, 6.07) is 5.96. The van der Waals surface area contributed by atoms with Crippen LogP contribution in [0, 0.1) is 6.92 Å². The number of nitrogens with two attached hydrogens (primary N) is 1. The summed E-state index contributed by atoms with van der Waals surface area (Å²) in [6.07, 6.45) is 0.618. The number of aryl methyl sites for hydroxylation is 1. The number of aromatic nitrogens is 2. The molecule has 0 bridgehead atoms. The van der Waals surface area contributed by atoms with Gasteiger partial charge < -0.3 is 10.3 Å². The van der Waals surface area contributed by atoms with Crippen LogP contribution in [0.5, 0.6) is 0 Å². The van der Waals surface area contributed by atoms with Crippen LogP contribution < -0.4 is 5.73 Å². The van der Waals surface area contributed by atoms with Crippen molar-refractivity contribution in [2.45, 2.75) is 26.3 Å². The quantitative estimate of drug-likeness (QED) is 0.945. The van der Waals surface area contributed by atoms with E-state index in [9.17, 15) is 0 Å². The van der Waals surface area contributed by atoms with Crippen molar-refractivity contribution in [1.29, 1.82) is 0 Å². The van der Waals surface area contributed by atoms with E-state index in [-0.39, 0.29) is 6.04 Å². The highest BCUT2D eigenvalue weighted by molar-refractivity contribution is 9.10. The van der Waals surface area contributed by atoms with Crippen LogP contribution in [0.2, 0.25) is 0 Å². The molecule has 2 aromatic rings. The molecule has 17 heavy (non-hydrogen) atoms. The van der Waals surface area contributed by atoms with Crippen LogP contribution in [0.15, 0.2) is 27.2 Å². The molecular weight excluding hydrogens is 282 g/mol. The average molecular weight is 296 g/mol. The van der Waals surface area contributed by atoms with E-state index in [0.717, 1.165) is 15.6 Å². The molecule has 0 saturated heterocycles. The second-order valence-electron chi connectivity index (χ2n) is 4.13. The molecule has 2 rings (SSSR count). The van der Waals surface area contributed by atoms with Crippen molar-refractivity contribution in [3.05, 3.63) is 34.1 Å². The molecule has 90 valence electrons. The topological polar surface area (TPSA) is 64.9 Å². The maximum absolute atomic E-state index is 5.70. The van der Waals surface area contributed by atoms with E-state index in [1.807, 2.05) is 32.0 Å². The Bertz CT molecular complexity index is 522. The number of halogens is 1. The second kappa shape index (κ2) is 4.98. The Morgan fingerprint density at radius 2 is 2.24 bits per heavy atom. The molecule has 0 fully saturated rings. The van der Waals surface area contributed by atoms with Crippen LogP contribution in [0.25, 0.3) is 11.5 Å². The predicted octanol–water partition coefficient (Wildman–Crippen LogP) is 2.70. The first-order valence-electron chi connectivity index (χ1n) is 5.41. The Labute approximate surface area is 108 Å². The van der Waals surface area contributed by atoms with Crippen LogP contribution in [-0.2, 0) is 6.42 Å². The highest BCUT2D eigenvalue weighted by Crippen LogP contribution is 2.29. The Kier molecular flexibility index (Phi) is 3.59. The Hall–Kier alpha value is -1.20. The van der Waals surface area contributed by atoms with E-state index < -0.39 is 0 Å². The summed E-state index contributed by atoms with van der Waals surface area (Å²) in [5.41, 5.74) is 7.74. The van der Waals surface area contributed by atoms with Crippen molar-refractivity contribution in [1.82, 2.24) is 10.1 Å². The number of benzene rings is 1. The molecule has 0 aliphatic carbocycles. The highest BCUT2D eigenvalue weighted by Gasteiger charge is 2.13. The van der Waals surface area contributed by atoms with Gasteiger partial charge in [0, 0.05) is 16.9 Å². The summed E-state index contributed by atoms with van der Waals surface area (Å²) in [5.74, 6) is 1.17. The minimum atomic E-state index is 0.0291. The maximum atomic E-state index is 5.70. The van der Waals surface area contributed by atoms with Gasteiger partial charge >= 0.3 is 0 Å². The Morgan fingerprint density at radius 3 is 2.94 bits per heavy atom. The monoisotopic (exact) mass is 295 g/mol. The lowest BCUT2D eigenvalue weighted by Crippen LogP contribution is -2.18. The molecule has 0 amide bonds. The fourth-order valence-corrected chi connectivity index (χ4v) is 1.98. The lowest BCUT2D eigenvalue weighted by molar-refractivity contribution is 0.420. The molecule has 1 aromatic heterocycles. The van der Waals surface area contributed by atoms with Crippen molar-refractivity contribution in [2.24, 2.45) is 5.73 Å². The molecule has 4 nitrogen and oxygen atoms in total. The summed E-state index contributed by atoms with van der Waals surface area (Å²) in [6.45, 7) is 3.94. The summed E-state index contributed by atoms with van der Waals surface area (Å²) >= 11 is 3.52. The summed E-state index contributed by atoms with van der Waals surface area (Å²) < 4.78 is 6.22. The van der Waals surface area contributed by atoms with Crippen molar-refractivity contribution in [3.63, 3.8) is 0 Å². The predicted molar refractivity (Wildman–Crippen MR) is 69.5 cm³/mol. The molecule has 0 spiro atoms. The minimum absolute atomic E-state index is 0.0291. The number of rotatable bonds is 3. The molecule has 2 N–H and O–H groups in total. The van der Waals surface area contributed by atoms with Gasteiger partial charge in [-0.2, -0.15) is 4.98 Å². The van der Waals surface area contributed by atoms with Gasteiger partial charge in [-0.1, -0.05) is 17.3 Å². The lowest BCUT2D eigenvalue weighted by atomic mass is 10.1. The van der Waals surface area contributed by atoms with Gasteiger partial charge in [0.1, 0.15) is 0 Å². The molecule has 1 unspecified atom stereocenters. The smallest absolute Gasteiger partial charge is 0.259 e. The largest absolute Gasteiger partial charge is 0.334 e. The van der Waals surface area contributed by atoms with Crippen LogP contribution in [-0.4, -0.2) is 16.2 Å². The van der Waals surface area contributed by atoms with Gasteiger partial charge in [0.25, 0.3) is 5.89 Å². The highest BCUT2D eigenvalue weighted by atomic mass is 79.9. The van der Waals surface area contributed by atoms with Gasteiger partial charge in [-0.25, -0.2) is 0 Å². The van der Waals surface area contributed by atoms with Crippen LogP contribution in [0.1, 0.15) is 18.3 Å². The van der Waals surface area contributed by atoms with Crippen molar-refractivity contribution in [2.75, 3.05) is 0 Å². The van der Waals surface area contributed by atoms with E-state index in [1.54, 1.807) is 0 Å². The molecule has 0 saturated carbocycles. The van der Waals surface area contributed by atoms with Crippen molar-refractivity contribution < 1.29 is 4.52 Å². The Morgan fingerprint density at radius 1 is 1.47 bits per heavy atom. The van der Waals surface area contributed by atoms with Gasteiger partial charge in [0.05, 0.1) is 5.56 Å². The van der Waals surface area contributed by atoms with E-state index >= 15 is 0 Å². The van der Waals surface area contributed by atoms with Gasteiger partial charge in [0.2, 0.25) is 0 Å². The first-order chi connectivity index (χ1) is 8.08. The molecule has 1 heterocycles. The van der Waals surface area contributed by atoms with E-state index in [0.29, 0.717) is 18.1 Å². The fourth-order valence-electron chi connectivity index (χ4n) is 1.55. The summed E-state index contributed by atoms with van der Waals surface area (Å²) in [5, 5.41) is 3.92. The van der Waals surface area contributed by atoms with Gasteiger partial charge in [0.15, 0.2) is 5.82 Å². The third kappa shape index (κ3) is 2.73. The van der Waals surface area contributed by atoms with E-state index in [2.05, 4.69) is 26.1 Å². The second-order valence-corrected chi connectivity index (χ2v) is 4.93. The third-order valence-corrected chi connectivity index (χ3v) is 3.45. The van der Waals surface area contributed by atoms with E-state index in [4.69, 9.17) is 10.3 Å². The van der Waals surface area contributed by atoms with Crippen LogP contribution >= 0.6 is 15.9 Å². The zero-order chi connectivity index (χ0) is 12.4. The lowest BCUT2D eigenvalue weighted by Gasteiger charge is -2.01. The number of hydrogen-bond donors (Lipinski definition) is 1. The fraction of sp³-hybridized carbons (Fsp3) is 0.333. The van der Waals surface area contributed by atoms with Gasteiger partial charge in [-0.3, -0.25) is 0 Å². The maximum Gasteiger partial charge on any atom is 0.259 e. The Balaban J connectivity index is 2.34. The van der Waals surface area contributed by atoms with Crippen molar-refractivity contribution >= 4 is 15.9 Å². The standard InChI is InChI=1S/C12H14BrN3O/c1-7-4-3-5-9(11(7)13)12-15-10(16-17-12)6-8(2)14/h3-5,8H,6,14H2,1-2H3. The van der Waals surface area contributed by atoms with Gasteiger partial charge in [-0.05, 0) is 41.4 Å². The number of hydrogen-bond acceptors (Lipinski definition) is 4. The molecule has 0 aliphatic rings. The van der Waals surface area contributed by atoms with Gasteiger partial charge in [-0.15, -0.1) is 0 Å². The first kappa shape index (κ1) is 12.3. The first-order valence-corrected chi connectivity index (χ1v) is 6.21. The molecule has 5 heteroatoms. The normalized spacial score (nSPS) is 12.7. The zero-order valence-electron chi connectivity index (χ0n) is 9.77. The molecule has 0 radical (unpaired) electrons. The summed E-state index contributed by atoms with van der Waals surface area (Å²) in [4.78, 5) is 4.33. The molecule has 1 atom stereocenters. The average Bonchev–Trinajstić information content (AvgIpc) is 2.69. The van der Waals surface area contributed by atoms with Crippen LogP contribution in [0.4, 0.5) is 0 Å². The SMILES string of the molecule is Cc1cccc(-c2nc(CC(C)N)no2)c1Br. The summed E-state index contributed by atoms with van der Waals surface area (Å²) in [7, 11) is 0. The zero-order valence-corrected chi connectivity index (χ0v) is 11.4. The molecular formula is C12H14BrN3O. The van der Waals surface area contributed by atoms with Crippen LogP contribution in [0.3, 0.4) is 0 Å².